The van der Waals surface area contributed by atoms with Crippen molar-refractivity contribution in [3.8, 4) is 21.7 Å². The molecule has 1 aliphatic carbocycles. The smallest absolute Gasteiger partial charge is 0.124 e. The number of nitrogens with zero attached hydrogens (tertiary/aromatic N) is 2. The Morgan fingerprint density at radius 2 is 1.45 bits per heavy atom. The highest BCUT2D eigenvalue weighted by Crippen LogP contribution is 2.38. The average molecular weight is 579 g/mol. The largest absolute Gasteiger partial charge is 0.240 e. The molecule has 0 bridgehead atoms. The normalized spacial score (nSPS) is 13.0. The number of fused-ring (bicyclic) bond motifs is 6. The topological polar surface area (TPSA) is 25.8 Å². The summed E-state index contributed by atoms with van der Waals surface area (Å²) in [5.41, 5.74) is 14.5. The number of benzene rings is 5. The Morgan fingerprint density at radius 3 is 2.29 bits per heavy atom. The lowest BCUT2D eigenvalue weighted by atomic mass is 9.91. The van der Waals surface area contributed by atoms with Gasteiger partial charge in [0, 0.05) is 5.56 Å². The van der Waals surface area contributed by atoms with E-state index in [2.05, 4.69) is 117 Å². The fourth-order valence-electron chi connectivity index (χ4n) is 6.37. The van der Waals surface area contributed by atoms with E-state index in [4.69, 9.17) is 9.97 Å². The minimum atomic E-state index is 0.475. The lowest BCUT2D eigenvalue weighted by Crippen LogP contribution is -2.00. The molecule has 5 aromatic carbocycles. The molecule has 204 valence electrons. The first-order valence-corrected chi connectivity index (χ1v) is 16.3. The zero-order valence-electron chi connectivity index (χ0n) is 23.7. The number of hydrogen-bond acceptors (Lipinski definition) is 4. The molecule has 42 heavy (non-hydrogen) atoms. The summed E-state index contributed by atoms with van der Waals surface area (Å²) >= 11 is 3.49. The minimum Gasteiger partial charge on any atom is -0.240 e. The highest BCUT2D eigenvalue weighted by atomic mass is 32.1. The van der Waals surface area contributed by atoms with Crippen molar-refractivity contribution in [3.63, 3.8) is 0 Å². The van der Waals surface area contributed by atoms with Gasteiger partial charge < -0.3 is 0 Å². The molecule has 0 radical (unpaired) electrons. The predicted molar refractivity (Wildman–Crippen MR) is 179 cm³/mol. The van der Waals surface area contributed by atoms with Crippen molar-refractivity contribution in [2.24, 2.45) is 0 Å². The highest BCUT2D eigenvalue weighted by Gasteiger charge is 2.18. The Morgan fingerprint density at radius 1 is 0.714 bits per heavy atom. The molecule has 7 aromatic rings. The zero-order valence-corrected chi connectivity index (χ0v) is 25.4. The van der Waals surface area contributed by atoms with E-state index < -0.39 is 0 Å². The van der Waals surface area contributed by atoms with Gasteiger partial charge in [0.1, 0.15) is 10.5 Å². The van der Waals surface area contributed by atoms with Crippen LogP contribution in [0.25, 0.3) is 42.1 Å². The number of thiazole rings is 2. The maximum atomic E-state index is 4.92. The van der Waals surface area contributed by atoms with E-state index in [0.717, 1.165) is 40.3 Å². The summed E-state index contributed by atoms with van der Waals surface area (Å²) < 4.78 is 2.42. The van der Waals surface area contributed by atoms with Crippen molar-refractivity contribution in [1.29, 1.82) is 0 Å². The molecule has 0 N–H and O–H groups in total. The third-order valence-corrected chi connectivity index (χ3v) is 10.6. The third kappa shape index (κ3) is 4.65. The van der Waals surface area contributed by atoms with Gasteiger partial charge in [-0.15, -0.1) is 22.7 Å². The SMILES string of the molecule is Cc1nc2c(ccc3nc(-c4ccc(Cc5ccc(C(C)Cc6ccc7c(c6)Cc6ccccc6-7)cc5)cc4)sc32)s1. The molecule has 0 aliphatic heterocycles. The van der Waals surface area contributed by atoms with Crippen LogP contribution < -0.4 is 0 Å². The van der Waals surface area contributed by atoms with Gasteiger partial charge in [0.15, 0.2) is 0 Å². The van der Waals surface area contributed by atoms with Crippen LogP contribution in [0.5, 0.6) is 0 Å². The quantitative estimate of drug-likeness (QED) is 0.196. The van der Waals surface area contributed by atoms with Crippen molar-refractivity contribution in [2.45, 2.75) is 39.0 Å². The lowest BCUT2D eigenvalue weighted by Gasteiger charge is -2.14. The summed E-state index contributed by atoms with van der Waals surface area (Å²) in [4.78, 5) is 9.68. The van der Waals surface area contributed by atoms with Crippen molar-refractivity contribution in [3.05, 3.63) is 142 Å². The minimum absolute atomic E-state index is 0.475. The van der Waals surface area contributed by atoms with Crippen LogP contribution in [-0.2, 0) is 19.3 Å². The summed E-state index contributed by atoms with van der Waals surface area (Å²) in [5, 5.41) is 2.16. The van der Waals surface area contributed by atoms with E-state index in [0.29, 0.717) is 5.92 Å². The van der Waals surface area contributed by atoms with E-state index in [1.165, 1.54) is 59.5 Å². The van der Waals surface area contributed by atoms with Gasteiger partial charge in [-0.2, -0.15) is 0 Å². The molecule has 0 spiro atoms. The van der Waals surface area contributed by atoms with Crippen molar-refractivity contribution in [2.75, 3.05) is 0 Å². The Labute approximate surface area is 254 Å². The van der Waals surface area contributed by atoms with Crippen LogP contribution in [0.15, 0.2) is 103 Å². The molecule has 0 saturated carbocycles. The van der Waals surface area contributed by atoms with Crippen LogP contribution in [0.1, 0.15) is 51.2 Å². The molecular weight excluding hydrogens is 549 g/mol. The van der Waals surface area contributed by atoms with Gasteiger partial charge in [0.25, 0.3) is 0 Å². The standard InChI is InChI=1S/C38H30N2S2/c1-23(19-27-11-16-33-31(21-27)22-30-5-3-4-6-32(30)33)28-12-7-25(8-13-28)20-26-9-14-29(15-10-26)38-40-34-17-18-35-36(37(34)42-38)39-24(2)41-35/h3-18,21,23H,19-20,22H2,1-2H3. The van der Waals surface area contributed by atoms with E-state index in [1.807, 2.05) is 0 Å². The summed E-state index contributed by atoms with van der Waals surface area (Å²) in [6.07, 6.45) is 3.04. The van der Waals surface area contributed by atoms with Crippen LogP contribution in [0, 0.1) is 6.92 Å². The summed E-state index contributed by atoms with van der Waals surface area (Å²) in [6.45, 7) is 4.41. The third-order valence-electron chi connectivity index (χ3n) is 8.58. The van der Waals surface area contributed by atoms with Gasteiger partial charge in [-0.1, -0.05) is 97.9 Å². The van der Waals surface area contributed by atoms with Gasteiger partial charge in [0.05, 0.1) is 19.9 Å². The van der Waals surface area contributed by atoms with Gasteiger partial charge in [-0.3, -0.25) is 0 Å². The van der Waals surface area contributed by atoms with Crippen molar-refractivity contribution >= 4 is 43.1 Å². The second kappa shape index (κ2) is 10.3. The second-order valence-corrected chi connectivity index (χ2v) is 13.8. The first-order valence-electron chi connectivity index (χ1n) is 14.6. The van der Waals surface area contributed by atoms with Crippen LogP contribution in [0.3, 0.4) is 0 Å². The summed E-state index contributed by atoms with van der Waals surface area (Å²) in [6, 6.07) is 38.3. The first kappa shape index (κ1) is 25.6. The molecule has 8 rings (SSSR count). The number of rotatable bonds is 6. The van der Waals surface area contributed by atoms with Crippen molar-refractivity contribution < 1.29 is 0 Å². The maximum Gasteiger partial charge on any atom is 0.124 e. The molecular formula is C38H30N2S2. The molecule has 1 aliphatic rings. The van der Waals surface area contributed by atoms with Crippen LogP contribution in [-0.4, -0.2) is 9.97 Å². The van der Waals surface area contributed by atoms with Gasteiger partial charge in [-0.25, -0.2) is 9.97 Å². The van der Waals surface area contributed by atoms with E-state index >= 15 is 0 Å². The summed E-state index contributed by atoms with van der Waals surface area (Å²) in [5.74, 6) is 0.475. The Balaban J connectivity index is 0.939. The molecule has 4 heteroatoms. The second-order valence-electron chi connectivity index (χ2n) is 11.6. The number of aryl methyl sites for hydroxylation is 1. The van der Waals surface area contributed by atoms with Gasteiger partial charge in [-0.05, 0) is 88.7 Å². The Bertz CT molecular complexity index is 2080. The van der Waals surface area contributed by atoms with E-state index in [9.17, 15) is 0 Å². The Hall–Kier alpha value is -4.12. The molecule has 2 nitrogen and oxygen atoms in total. The Kier molecular flexibility index (Phi) is 6.28. The van der Waals surface area contributed by atoms with Crippen LogP contribution in [0.4, 0.5) is 0 Å². The average Bonchev–Trinajstić information content (AvgIpc) is 3.71. The molecule has 2 heterocycles. The molecule has 0 fully saturated rings. The van der Waals surface area contributed by atoms with Gasteiger partial charge in [0.2, 0.25) is 0 Å². The van der Waals surface area contributed by atoms with Crippen LogP contribution in [0.2, 0.25) is 0 Å². The van der Waals surface area contributed by atoms with E-state index in [-0.39, 0.29) is 0 Å². The number of aromatic nitrogens is 2. The van der Waals surface area contributed by atoms with Crippen molar-refractivity contribution in [1.82, 2.24) is 9.97 Å². The highest BCUT2D eigenvalue weighted by molar-refractivity contribution is 7.24. The fourth-order valence-corrected chi connectivity index (χ4v) is 8.33. The molecule has 0 amide bonds. The zero-order chi connectivity index (χ0) is 28.2. The van der Waals surface area contributed by atoms with Gasteiger partial charge >= 0.3 is 0 Å². The van der Waals surface area contributed by atoms with E-state index in [1.54, 1.807) is 22.7 Å². The molecule has 1 unspecified atom stereocenters. The lowest BCUT2D eigenvalue weighted by molar-refractivity contribution is 0.758. The predicted octanol–water partition coefficient (Wildman–Crippen LogP) is 10.4. The maximum absolute atomic E-state index is 4.92. The number of hydrogen-bond donors (Lipinski definition) is 0. The first-order chi connectivity index (χ1) is 20.6. The fraction of sp³-hybridized carbons (Fsp3) is 0.158. The molecule has 0 saturated heterocycles. The van der Waals surface area contributed by atoms with Crippen LogP contribution >= 0.6 is 22.7 Å². The summed E-state index contributed by atoms with van der Waals surface area (Å²) in [7, 11) is 0. The monoisotopic (exact) mass is 578 g/mol. The molecule has 2 aromatic heterocycles. The molecule has 1 atom stereocenters.